The molecule has 0 bridgehead atoms. The van der Waals surface area contributed by atoms with Crippen LogP contribution in [-0.4, -0.2) is 50.3 Å². The Hall–Kier alpha value is -0.750. The van der Waals surface area contributed by atoms with Gasteiger partial charge in [-0.15, -0.1) is 11.8 Å². The fraction of sp³-hybridized carbons (Fsp3) is 0.800. The van der Waals surface area contributed by atoms with Crippen LogP contribution in [0.2, 0.25) is 0 Å². The predicted molar refractivity (Wildman–Crippen MR) is 63.5 cm³/mol. The molecule has 16 heavy (non-hydrogen) atoms. The number of thioether (sulfide) groups is 1. The van der Waals surface area contributed by atoms with E-state index in [1.54, 1.807) is 14.0 Å². The van der Waals surface area contributed by atoms with E-state index in [0.717, 1.165) is 5.75 Å². The molecule has 0 aromatic rings. The van der Waals surface area contributed by atoms with Gasteiger partial charge in [0.25, 0.3) is 0 Å². The smallest absolute Gasteiger partial charge is 0.307 e. The summed E-state index contributed by atoms with van der Waals surface area (Å²) in [5.41, 5.74) is 0. The molecular formula is C10H19NO4S. The fourth-order valence-electron chi connectivity index (χ4n) is 0.895. The minimum atomic E-state index is -0.283. The number of hydrogen-bond donors (Lipinski definition) is 1. The topological polar surface area (TPSA) is 64.6 Å². The number of nitrogens with one attached hydrogen (secondary N) is 1. The highest BCUT2D eigenvalue weighted by atomic mass is 32.2. The van der Waals surface area contributed by atoms with E-state index in [1.807, 2.05) is 0 Å². The lowest BCUT2D eigenvalue weighted by Crippen LogP contribution is -2.28. The van der Waals surface area contributed by atoms with Crippen molar-refractivity contribution < 1.29 is 19.1 Å². The maximum absolute atomic E-state index is 11.2. The van der Waals surface area contributed by atoms with E-state index in [4.69, 9.17) is 9.47 Å². The Morgan fingerprint density at radius 1 is 1.38 bits per heavy atom. The summed E-state index contributed by atoms with van der Waals surface area (Å²) in [6, 6.07) is 0. The zero-order valence-corrected chi connectivity index (χ0v) is 10.6. The first-order valence-electron chi connectivity index (χ1n) is 5.19. The summed E-state index contributed by atoms with van der Waals surface area (Å²) >= 11 is 1.50. The van der Waals surface area contributed by atoms with Crippen molar-refractivity contribution in [2.45, 2.75) is 13.3 Å². The molecule has 0 aliphatic heterocycles. The second-order valence-electron chi connectivity index (χ2n) is 2.95. The number of hydrogen-bond acceptors (Lipinski definition) is 5. The van der Waals surface area contributed by atoms with Crippen molar-refractivity contribution in [2.75, 3.05) is 38.4 Å². The Morgan fingerprint density at radius 2 is 2.12 bits per heavy atom. The quantitative estimate of drug-likeness (QED) is 0.474. The van der Waals surface area contributed by atoms with Crippen LogP contribution >= 0.6 is 11.8 Å². The summed E-state index contributed by atoms with van der Waals surface area (Å²) < 4.78 is 9.57. The zero-order valence-electron chi connectivity index (χ0n) is 9.78. The first-order valence-corrected chi connectivity index (χ1v) is 6.35. The number of carbonyl (C=O) groups is 2. The summed E-state index contributed by atoms with van der Waals surface area (Å²) in [5, 5.41) is 2.65. The van der Waals surface area contributed by atoms with Gasteiger partial charge >= 0.3 is 5.97 Å². The Kier molecular flexibility index (Phi) is 10.3. The molecule has 5 nitrogen and oxygen atoms in total. The average molecular weight is 249 g/mol. The van der Waals surface area contributed by atoms with Crippen LogP contribution in [0, 0.1) is 0 Å². The standard InChI is InChI=1S/C10H19NO4S/c1-3-15-10(13)4-5-11-9(12)8-16-7-6-14-2/h3-8H2,1-2H3,(H,11,12). The van der Waals surface area contributed by atoms with E-state index in [1.165, 1.54) is 11.8 Å². The molecule has 0 aliphatic rings. The largest absolute Gasteiger partial charge is 0.466 e. The summed E-state index contributed by atoms with van der Waals surface area (Å²) in [7, 11) is 1.62. The van der Waals surface area contributed by atoms with Crippen LogP contribution in [0.1, 0.15) is 13.3 Å². The Morgan fingerprint density at radius 3 is 2.75 bits per heavy atom. The fourth-order valence-corrected chi connectivity index (χ4v) is 1.61. The maximum Gasteiger partial charge on any atom is 0.307 e. The van der Waals surface area contributed by atoms with Gasteiger partial charge in [0, 0.05) is 19.4 Å². The molecule has 0 aromatic carbocycles. The van der Waals surface area contributed by atoms with E-state index in [-0.39, 0.29) is 18.3 Å². The lowest BCUT2D eigenvalue weighted by atomic mass is 10.4. The van der Waals surface area contributed by atoms with Gasteiger partial charge in [-0.1, -0.05) is 0 Å². The van der Waals surface area contributed by atoms with Crippen molar-refractivity contribution >= 4 is 23.6 Å². The van der Waals surface area contributed by atoms with Crippen molar-refractivity contribution in [1.29, 1.82) is 0 Å². The van der Waals surface area contributed by atoms with Gasteiger partial charge in [0.15, 0.2) is 0 Å². The Labute approximate surface area is 100 Å². The number of methoxy groups -OCH3 is 1. The van der Waals surface area contributed by atoms with Crippen molar-refractivity contribution in [2.24, 2.45) is 0 Å². The molecule has 0 spiro atoms. The van der Waals surface area contributed by atoms with Gasteiger partial charge in [0.1, 0.15) is 0 Å². The van der Waals surface area contributed by atoms with E-state index in [0.29, 0.717) is 25.5 Å². The molecule has 0 atom stereocenters. The second kappa shape index (κ2) is 10.8. The van der Waals surface area contributed by atoms with Crippen molar-refractivity contribution in [3.63, 3.8) is 0 Å². The minimum absolute atomic E-state index is 0.0644. The highest BCUT2D eigenvalue weighted by Crippen LogP contribution is 1.98. The van der Waals surface area contributed by atoms with Gasteiger partial charge in [-0.05, 0) is 6.92 Å². The third-order valence-corrected chi connectivity index (χ3v) is 2.54. The summed E-state index contributed by atoms with van der Waals surface area (Å²) in [5.74, 6) is 0.841. The van der Waals surface area contributed by atoms with Crippen molar-refractivity contribution in [1.82, 2.24) is 5.32 Å². The molecule has 0 saturated heterocycles. The molecule has 0 radical (unpaired) electrons. The van der Waals surface area contributed by atoms with Crippen LogP contribution in [0.4, 0.5) is 0 Å². The maximum atomic E-state index is 11.2. The highest BCUT2D eigenvalue weighted by molar-refractivity contribution is 7.99. The van der Waals surface area contributed by atoms with Gasteiger partial charge < -0.3 is 14.8 Å². The van der Waals surface area contributed by atoms with Crippen molar-refractivity contribution in [3.05, 3.63) is 0 Å². The first-order chi connectivity index (χ1) is 7.70. The molecule has 0 rings (SSSR count). The van der Waals surface area contributed by atoms with E-state index < -0.39 is 0 Å². The first kappa shape index (κ1) is 15.2. The minimum Gasteiger partial charge on any atom is -0.466 e. The second-order valence-corrected chi connectivity index (χ2v) is 4.06. The summed E-state index contributed by atoms with van der Waals surface area (Å²) in [6.07, 6.45) is 0.225. The van der Waals surface area contributed by atoms with Crippen LogP contribution in [0.5, 0.6) is 0 Å². The lowest BCUT2D eigenvalue weighted by molar-refractivity contribution is -0.142. The highest BCUT2D eigenvalue weighted by Gasteiger charge is 2.04. The van der Waals surface area contributed by atoms with Gasteiger partial charge in [0.2, 0.25) is 5.91 Å². The van der Waals surface area contributed by atoms with Gasteiger partial charge in [-0.3, -0.25) is 9.59 Å². The molecule has 6 heteroatoms. The molecule has 0 fully saturated rings. The molecule has 0 aliphatic carbocycles. The van der Waals surface area contributed by atoms with Crippen molar-refractivity contribution in [3.8, 4) is 0 Å². The molecule has 0 heterocycles. The Balaban J connectivity index is 3.33. The molecule has 1 amide bonds. The number of carbonyl (C=O) groups excluding carboxylic acids is 2. The third-order valence-electron chi connectivity index (χ3n) is 1.62. The Bertz CT molecular complexity index is 211. The molecule has 0 unspecified atom stereocenters. The third kappa shape index (κ3) is 9.79. The summed E-state index contributed by atoms with van der Waals surface area (Å²) in [6.45, 7) is 3.10. The number of ether oxygens (including phenoxy) is 2. The van der Waals surface area contributed by atoms with Gasteiger partial charge in [-0.25, -0.2) is 0 Å². The van der Waals surface area contributed by atoms with E-state index in [2.05, 4.69) is 5.32 Å². The molecule has 94 valence electrons. The van der Waals surface area contributed by atoms with Crippen LogP contribution in [0.3, 0.4) is 0 Å². The predicted octanol–water partition coefficient (Wildman–Crippen LogP) is 0.435. The van der Waals surface area contributed by atoms with E-state index in [9.17, 15) is 9.59 Å². The zero-order chi connectivity index (χ0) is 12.2. The van der Waals surface area contributed by atoms with Crippen LogP contribution in [0.25, 0.3) is 0 Å². The number of amides is 1. The van der Waals surface area contributed by atoms with Crippen LogP contribution in [-0.2, 0) is 19.1 Å². The van der Waals surface area contributed by atoms with Crippen LogP contribution < -0.4 is 5.32 Å². The monoisotopic (exact) mass is 249 g/mol. The normalized spacial score (nSPS) is 9.88. The SMILES string of the molecule is CCOC(=O)CCNC(=O)CSCCOC. The molecule has 0 saturated carbocycles. The van der Waals surface area contributed by atoms with Crippen LogP contribution in [0.15, 0.2) is 0 Å². The number of rotatable bonds is 9. The van der Waals surface area contributed by atoms with Gasteiger partial charge in [0.05, 0.1) is 25.4 Å². The van der Waals surface area contributed by atoms with Gasteiger partial charge in [-0.2, -0.15) is 0 Å². The molecule has 0 aromatic heterocycles. The molecule has 1 N–H and O–H groups in total. The summed E-state index contributed by atoms with van der Waals surface area (Å²) in [4.78, 5) is 22.1. The van der Waals surface area contributed by atoms with E-state index >= 15 is 0 Å². The number of esters is 1. The average Bonchev–Trinajstić information content (AvgIpc) is 2.25. The lowest BCUT2D eigenvalue weighted by Gasteiger charge is -2.04. The molecular weight excluding hydrogens is 230 g/mol.